The number of benzene rings is 1. The van der Waals surface area contributed by atoms with Crippen LogP contribution in [-0.2, 0) is 11.3 Å². The van der Waals surface area contributed by atoms with Gasteiger partial charge in [0.25, 0.3) is 5.92 Å². The van der Waals surface area contributed by atoms with Gasteiger partial charge in [0.2, 0.25) is 5.91 Å². The van der Waals surface area contributed by atoms with Gasteiger partial charge in [-0.2, -0.15) is 0 Å². The minimum atomic E-state index is -2.79. The summed E-state index contributed by atoms with van der Waals surface area (Å²) in [5.74, 6) is -3.10. The van der Waals surface area contributed by atoms with Crippen molar-refractivity contribution >= 4 is 17.5 Å². The van der Waals surface area contributed by atoms with Gasteiger partial charge in [-0.05, 0) is 17.7 Å². The van der Waals surface area contributed by atoms with Crippen LogP contribution < -0.4 is 5.32 Å². The number of hydrogen-bond donors (Lipinski definition) is 1. The molecule has 19 heavy (non-hydrogen) atoms. The predicted octanol–water partition coefficient (Wildman–Crippen LogP) is 2.30. The molecule has 1 N–H and O–H groups in total. The molecule has 1 aliphatic heterocycles. The first-order valence-electron chi connectivity index (χ1n) is 5.98. The molecule has 1 amide bonds. The van der Waals surface area contributed by atoms with E-state index < -0.39 is 24.9 Å². The summed E-state index contributed by atoms with van der Waals surface area (Å²) < 4.78 is 26.1. The average molecular weight is 289 g/mol. The molecule has 0 aliphatic carbocycles. The molecule has 1 unspecified atom stereocenters. The first kappa shape index (κ1) is 14.2. The van der Waals surface area contributed by atoms with Crippen LogP contribution in [0.15, 0.2) is 24.3 Å². The molecule has 1 fully saturated rings. The molecule has 104 valence electrons. The van der Waals surface area contributed by atoms with Crippen molar-refractivity contribution in [2.24, 2.45) is 0 Å². The number of alkyl halides is 2. The predicted molar refractivity (Wildman–Crippen MR) is 69.3 cm³/mol. The quantitative estimate of drug-likeness (QED) is 0.926. The molecule has 6 heteroatoms. The number of nitrogens with one attached hydrogen (secondary N) is 1. The lowest BCUT2D eigenvalue weighted by molar-refractivity contribution is -0.132. The molecule has 1 aliphatic rings. The molecule has 3 nitrogen and oxygen atoms in total. The van der Waals surface area contributed by atoms with Gasteiger partial charge in [-0.3, -0.25) is 10.1 Å². The monoisotopic (exact) mass is 288 g/mol. The average Bonchev–Trinajstić information content (AvgIpc) is 2.71. The summed E-state index contributed by atoms with van der Waals surface area (Å²) in [5, 5.41) is 3.18. The third-order valence-corrected chi connectivity index (χ3v) is 3.37. The van der Waals surface area contributed by atoms with Crippen LogP contribution in [0.2, 0.25) is 5.02 Å². The van der Waals surface area contributed by atoms with Crippen molar-refractivity contribution in [2.75, 3.05) is 13.6 Å². The number of carbonyl (C=O) groups excluding carboxylic acids is 1. The molecule has 0 radical (unpaired) electrons. The van der Waals surface area contributed by atoms with E-state index in [1.807, 2.05) is 12.1 Å². The summed E-state index contributed by atoms with van der Waals surface area (Å²) >= 11 is 5.77. The van der Waals surface area contributed by atoms with Crippen molar-refractivity contribution in [1.82, 2.24) is 10.2 Å². The van der Waals surface area contributed by atoms with Gasteiger partial charge in [0.15, 0.2) is 0 Å². The number of likely N-dealkylation sites (N-methyl/N-ethyl adjacent to an activating group) is 1. The Hall–Kier alpha value is -1.20. The minimum absolute atomic E-state index is 0.313. The minimum Gasteiger partial charge on any atom is -0.340 e. The highest BCUT2D eigenvalue weighted by Gasteiger charge is 2.43. The van der Waals surface area contributed by atoms with Crippen LogP contribution in [0.4, 0.5) is 8.78 Å². The SMILES string of the molecule is CN(Cc1ccc(Cl)cc1)C(=O)C1CC(F)(F)CN1. The second-order valence-corrected chi connectivity index (χ2v) is 5.25. The highest BCUT2D eigenvalue weighted by molar-refractivity contribution is 6.30. The lowest BCUT2D eigenvalue weighted by Crippen LogP contribution is -2.41. The number of halogens is 3. The fraction of sp³-hybridized carbons (Fsp3) is 0.462. The summed E-state index contributed by atoms with van der Waals surface area (Å²) in [6.07, 6.45) is -0.434. The Bertz CT molecular complexity index is 464. The third kappa shape index (κ3) is 3.64. The van der Waals surface area contributed by atoms with Gasteiger partial charge in [-0.15, -0.1) is 0 Å². The van der Waals surface area contributed by atoms with E-state index in [0.717, 1.165) is 5.56 Å². The van der Waals surface area contributed by atoms with Gasteiger partial charge >= 0.3 is 0 Å². The highest BCUT2D eigenvalue weighted by atomic mass is 35.5. The van der Waals surface area contributed by atoms with Gasteiger partial charge < -0.3 is 4.90 Å². The van der Waals surface area contributed by atoms with E-state index in [-0.39, 0.29) is 5.91 Å². The van der Waals surface area contributed by atoms with E-state index in [4.69, 9.17) is 11.6 Å². The maximum atomic E-state index is 13.0. The lowest BCUT2D eigenvalue weighted by atomic mass is 10.1. The molecule has 0 bridgehead atoms. The van der Waals surface area contributed by atoms with E-state index >= 15 is 0 Å². The number of rotatable bonds is 3. The molecule has 0 spiro atoms. The molecular formula is C13H15ClF2N2O. The number of carbonyl (C=O) groups is 1. The second kappa shape index (κ2) is 5.43. The van der Waals surface area contributed by atoms with E-state index in [2.05, 4.69) is 5.32 Å². The zero-order chi connectivity index (χ0) is 14.0. The zero-order valence-corrected chi connectivity index (χ0v) is 11.3. The van der Waals surface area contributed by atoms with E-state index in [9.17, 15) is 13.6 Å². The van der Waals surface area contributed by atoms with E-state index in [1.165, 1.54) is 4.90 Å². The van der Waals surface area contributed by atoms with Crippen LogP contribution in [0.3, 0.4) is 0 Å². The second-order valence-electron chi connectivity index (χ2n) is 4.81. The van der Waals surface area contributed by atoms with Crippen LogP contribution in [0.1, 0.15) is 12.0 Å². The normalized spacial score (nSPS) is 21.4. The van der Waals surface area contributed by atoms with Gasteiger partial charge in [-0.1, -0.05) is 23.7 Å². The molecule has 1 atom stereocenters. The highest BCUT2D eigenvalue weighted by Crippen LogP contribution is 2.26. The van der Waals surface area contributed by atoms with Crippen LogP contribution in [-0.4, -0.2) is 36.4 Å². The molecule has 0 saturated carbocycles. The van der Waals surface area contributed by atoms with Gasteiger partial charge in [-0.25, -0.2) is 8.78 Å². The standard InChI is InChI=1S/C13H15ClF2N2O/c1-18(7-9-2-4-10(14)5-3-9)12(19)11-6-13(15,16)8-17-11/h2-5,11,17H,6-8H2,1H3. The van der Waals surface area contributed by atoms with Crippen molar-refractivity contribution in [3.63, 3.8) is 0 Å². The molecule has 1 aromatic rings. The largest absolute Gasteiger partial charge is 0.340 e. The van der Waals surface area contributed by atoms with E-state index in [1.54, 1.807) is 19.2 Å². The van der Waals surface area contributed by atoms with Crippen LogP contribution >= 0.6 is 11.6 Å². The summed E-state index contributed by atoms with van der Waals surface area (Å²) in [5.41, 5.74) is 0.907. The van der Waals surface area contributed by atoms with Crippen LogP contribution in [0.25, 0.3) is 0 Å². The third-order valence-electron chi connectivity index (χ3n) is 3.12. The van der Waals surface area contributed by atoms with Crippen molar-refractivity contribution < 1.29 is 13.6 Å². The van der Waals surface area contributed by atoms with E-state index in [0.29, 0.717) is 11.6 Å². The molecule has 1 heterocycles. The van der Waals surface area contributed by atoms with Crippen LogP contribution in [0.5, 0.6) is 0 Å². The molecule has 1 saturated heterocycles. The van der Waals surface area contributed by atoms with Crippen molar-refractivity contribution in [3.8, 4) is 0 Å². The fourth-order valence-corrected chi connectivity index (χ4v) is 2.22. The maximum Gasteiger partial charge on any atom is 0.262 e. The first-order valence-corrected chi connectivity index (χ1v) is 6.36. The van der Waals surface area contributed by atoms with Crippen molar-refractivity contribution in [3.05, 3.63) is 34.9 Å². The molecular weight excluding hydrogens is 274 g/mol. The Morgan fingerprint density at radius 2 is 2.11 bits per heavy atom. The summed E-state index contributed by atoms with van der Waals surface area (Å²) in [7, 11) is 1.61. The zero-order valence-electron chi connectivity index (χ0n) is 10.5. The molecule has 0 aromatic heterocycles. The van der Waals surface area contributed by atoms with Crippen molar-refractivity contribution in [2.45, 2.75) is 24.9 Å². The lowest BCUT2D eigenvalue weighted by Gasteiger charge is -2.21. The summed E-state index contributed by atoms with van der Waals surface area (Å²) in [6.45, 7) is -0.0576. The Balaban J connectivity index is 1.94. The van der Waals surface area contributed by atoms with Crippen LogP contribution in [0, 0.1) is 0 Å². The smallest absolute Gasteiger partial charge is 0.262 e. The number of nitrogens with zero attached hydrogens (tertiary/aromatic N) is 1. The Morgan fingerprint density at radius 3 is 2.63 bits per heavy atom. The number of hydrogen-bond acceptors (Lipinski definition) is 2. The Morgan fingerprint density at radius 1 is 1.47 bits per heavy atom. The summed E-state index contributed by atoms with van der Waals surface area (Å²) in [4.78, 5) is 13.5. The maximum absolute atomic E-state index is 13.0. The first-order chi connectivity index (χ1) is 8.87. The Labute approximate surface area is 115 Å². The number of amides is 1. The van der Waals surface area contributed by atoms with Gasteiger partial charge in [0, 0.05) is 25.0 Å². The molecule has 1 aromatic carbocycles. The fourth-order valence-electron chi connectivity index (χ4n) is 2.10. The topological polar surface area (TPSA) is 32.3 Å². The van der Waals surface area contributed by atoms with Crippen molar-refractivity contribution in [1.29, 1.82) is 0 Å². The van der Waals surface area contributed by atoms with Gasteiger partial charge in [0.1, 0.15) is 0 Å². The molecule has 2 rings (SSSR count). The summed E-state index contributed by atoms with van der Waals surface area (Å²) in [6, 6.07) is 6.28. The van der Waals surface area contributed by atoms with Gasteiger partial charge in [0.05, 0.1) is 12.6 Å². The Kier molecular flexibility index (Phi) is 4.06.